The lowest BCUT2D eigenvalue weighted by molar-refractivity contribution is -0.141. The molecule has 1 heterocycles. The SMILES string of the molecule is O=C(O)C1CC(=O)N(c2ccccc2CO)C1. The van der Waals surface area contributed by atoms with Gasteiger partial charge in [-0.3, -0.25) is 9.59 Å². The van der Waals surface area contributed by atoms with Gasteiger partial charge < -0.3 is 15.1 Å². The first-order valence-corrected chi connectivity index (χ1v) is 5.35. The summed E-state index contributed by atoms with van der Waals surface area (Å²) in [7, 11) is 0. The van der Waals surface area contributed by atoms with Crippen LogP contribution in [0, 0.1) is 5.92 Å². The highest BCUT2D eigenvalue weighted by Gasteiger charge is 2.35. The molecule has 1 aromatic carbocycles. The number of aliphatic carboxylic acids is 1. The summed E-state index contributed by atoms with van der Waals surface area (Å²) in [6, 6.07) is 6.96. The Morgan fingerprint density at radius 1 is 1.41 bits per heavy atom. The van der Waals surface area contributed by atoms with E-state index < -0.39 is 11.9 Å². The van der Waals surface area contributed by atoms with Gasteiger partial charge in [-0.15, -0.1) is 0 Å². The fourth-order valence-electron chi connectivity index (χ4n) is 2.01. The molecule has 0 radical (unpaired) electrons. The van der Waals surface area contributed by atoms with Crippen molar-refractivity contribution >= 4 is 17.6 Å². The summed E-state index contributed by atoms with van der Waals surface area (Å²) in [5.41, 5.74) is 1.23. The van der Waals surface area contributed by atoms with Crippen LogP contribution in [0.5, 0.6) is 0 Å². The predicted molar refractivity (Wildman–Crippen MR) is 60.5 cm³/mol. The first-order valence-electron chi connectivity index (χ1n) is 5.35. The Morgan fingerprint density at radius 2 is 2.12 bits per heavy atom. The van der Waals surface area contributed by atoms with Crippen molar-refractivity contribution in [1.29, 1.82) is 0 Å². The van der Waals surface area contributed by atoms with Crippen molar-refractivity contribution in [3.05, 3.63) is 29.8 Å². The van der Waals surface area contributed by atoms with Crippen LogP contribution in [-0.2, 0) is 16.2 Å². The van der Waals surface area contributed by atoms with Crippen molar-refractivity contribution < 1.29 is 19.8 Å². The maximum atomic E-state index is 11.7. The molecule has 17 heavy (non-hydrogen) atoms. The van der Waals surface area contributed by atoms with E-state index in [0.717, 1.165) is 0 Å². The third-order valence-electron chi connectivity index (χ3n) is 2.93. The summed E-state index contributed by atoms with van der Waals surface area (Å²) < 4.78 is 0. The smallest absolute Gasteiger partial charge is 0.308 e. The summed E-state index contributed by atoms with van der Waals surface area (Å²) >= 11 is 0. The molecule has 0 saturated carbocycles. The fraction of sp³-hybridized carbons (Fsp3) is 0.333. The summed E-state index contributed by atoms with van der Waals surface area (Å²) in [6.45, 7) is 0.00285. The molecule has 0 bridgehead atoms. The Morgan fingerprint density at radius 3 is 2.71 bits per heavy atom. The first kappa shape index (κ1) is 11.6. The molecule has 1 aliphatic rings. The summed E-state index contributed by atoms with van der Waals surface area (Å²) in [5.74, 6) is -1.82. The van der Waals surface area contributed by atoms with Gasteiger partial charge in [0.15, 0.2) is 0 Å². The molecule has 5 nitrogen and oxygen atoms in total. The number of aliphatic hydroxyl groups is 1. The van der Waals surface area contributed by atoms with Crippen LogP contribution in [0.4, 0.5) is 5.69 Å². The predicted octanol–water partition coefficient (Wildman–Crippen LogP) is 0.616. The van der Waals surface area contributed by atoms with Crippen LogP contribution in [-0.4, -0.2) is 28.6 Å². The summed E-state index contributed by atoms with van der Waals surface area (Å²) in [4.78, 5) is 24.0. The van der Waals surface area contributed by atoms with E-state index >= 15 is 0 Å². The van der Waals surface area contributed by atoms with Crippen LogP contribution in [0.25, 0.3) is 0 Å². The minimum Gasteiger partial charge on any atom is -0.481 e. The molecule has 1 fully saturated rings. The van der Waals surface area contributed by atoms with Gasteiger partial charge in [0.25, 0.3) is 0 Å². The van der Waals surface area contributed by atoms with E-state index in [4.69, 9.17) is 5.11 Å². The van der Waals surface area contributed by atoms with Crippen molar-refractivity contribution in [1.82, 2.24) is 0 Å². The van der Waals surface area contributed by atoms with Gasteiger partial charge in [-0.25, -0.2) is 0 Å². The van der Waals surface area contributed by atoms with E-state index in [1.54, 1.807) is 24.3 Å². The van der Waals surface area contributed by atoms with Crippen LogP contribution in [0.2, 0.25) is 0 Å². The number of carboxylic acid groups (broad SMARTS) is 1. The number of hydrogen-bond acceptors (Lipinski definition) is 3. The van der Waals surface area contributed by atoms with Gasteiger partial charge >= 0.3 is 5.97 Å². The molecule has 2 N–H and O–H groups in total. The van der Waals surface area contributed by atoms with Crippen molar-refractivity contribution in [2.24, 2.45) is 5.92 Å². The van der Waals surface area contributed by atoms with Crippen molar-refractivity contribution in [3.63, 3.8) is 0 Å². The van der Waals surface area contributed by atoms with Crippen LogP contribution < -0.4 is 4.90 Å². The maximum Gasteiger partial charge on any atom is 0.308 e. The van der Waals surface area contributed by atoms with E-state index in [-0.39, 0.29) is 25.5 Å². The highest BCUT2D eigenvalue weighted by Crippen LogP contribution is 2.28. The third kappa shape index (κ3) is 2.14. The second kappa shape index (κ2) is 4.55. The van der Waals surface area contributed by atoms with E-state index in [1.165, 1.54) is 4.90 Å². The van der Waals surface area contributed by atoms with E-state index in [0.29, 0.717) is 11.3 Å². The first-order chi connectivity index (χ1) is 8.13. The minimum absolute atomic E-state index is 0.0229. The van der Waals surface area contributed by atoms with Crippen LogP contribution in [0.3, 0.4) is 0 Å². The van der Waals surface area contributed by atoms with Crippen molar-refractivity contribution in [2.75, 3.05) is 11.4 Å². The lowest BCUT2D eigenvalue weighted by Gasteiger charge is -2.19. The number of para-hydroxylation sites is 1. The number of carbonyl (C=O) groups excluding carboxylic acids is 1. The third-order valence-corrected chi connectivity index (χ3v) is 2.93. The lowest BCUT2D eigenvalue weighted by Crippen LogP contribution is -2.26. The fourth-order valence-corrected chi connectivity index (χ4v) is 2.01. The molecular weight excluding hydrogens is 222 g/mol. The monoisotopic (exact) mass is 235 g/mol. The number of rotatable bonds is 3. The Kier molecular flexibility index (Phi) is 3.10. The average Bonchev–Trinajstić information content (AvgIpc) is 2.71. The van der Waals surface area contributed by atoms with E-state index in [9.17, 15) is 14.7 Å². The molecule has 1 aromatic rings. The van der Waals surface area contributed by atoms with Crippen LogP contribution >= 0.6 is 0 Å². The minimum atomic E-state index is -0.956. The number of carbonyl (C=O) groups is 2. The molecule has 0 aliphatic carbocycles. The molecule has 1 saturated heterocycles. The lowest BCUT2D eigenvalue weighted by atomic mass is 10.1. The second-order valence-electron chi connectivity index (χ2n) is 4.03. The van der Waals surface area contributed by atoms with E-state index in [1.807, 2.05) is 0 Å². The molecule has 1 atom stereocenters. The number of nitrogens with zero attached hydrogens (tertiary/aromatic N) is 1. The quantitative estimate of drug-likeness (QED) is 0.805. The number of benzene rings is 1. The largest absolute Gasteiger partial charge is 0.481 e. The Bertz CT molecular complexity index is 458. The van der Waals surface area contributed by atoms with Crippen molar-refractivity contribution in [2.45, 2.75) is 13.0 Å². The molecular formula is C12H13NO4. The summed E-state index contributed by atoms with van der Waals surface area (Å²) in [5, 5.41) is 18.1. The van der Waals surface area contributed by atoms with Crippen molar-refractivity contribution in [3.8, 4) is 0 Å². The molecule has 1 unspecified atom stereocenters. The maximum absolute atomic E-state index is 11.7. The number of amides is 1. The Labute approximate surface area is 98.3 Å². The van der Waals surface area contributed by atoms with Gasteiger partial charge in [-0.1, -0.05) is 18.2 Å². The zero-order chi connectivity index (χ0) is 12.4. The number of hydrogen-bond donors (Lipinski definition) is 2. The zero-order valence-corrected chi connectivity index (χ0v) is 9.17. The van der Waals surface area contributed by atoms with Crippen LogP contribution in [0.15, 0.2) is 24.3 Å². The van der Waals surface area contributed by atoms with Gasteiger partial charge in [0.2, 0.25) is 5.91 Å². The summed E-state index contributed by atoms with van der Waals surface area (Å²) in [6.07, 6.45) is 0.0229. The molecule has 1 aliphatic heterocycles. The molecule has 5 heteroatoms. The normalized spacial score (nSPS) is 19.7. The molecule has 1 amide bonds. The number of carboxylic acids is 1. The Hall–Kier alpha value is -1.88. The highest BCUT2D eigenvalue weighted by molar-refractivity contribution is 5.99. The second-order valence-corrected chi connectivity index (χ2v) is 4.03. The molecule has 0 spiro atoms. The number of anilines is 1. The van der Waals surface area contributed by atoms with Gasteiger partial charge in [0.05, 0.1) is 12.5 Å². The van der Waals surface area contributed by atoms with Gasteiger partial charge in [-0.2, -0.15) is 0 Å². The zero-order valence-electron chi connectivity index (χ0n) is 9.17. The van der Waals surface area contributed by atoms with E-state index in [2.05, 4.69) is 0 Å². The van der Waals surface area contributed by atoms with Gasteiger partial charge in [0.1, 0.15) is 0 Å². The highest BCUT2D eigenvalue weighted by atomic mass is 16.4. The average molecular weight is 235 g/mol. The molecule has 2 rings (SSSR count). The van der Waals surface area contributed by atoms with Gasteiger partial charge in [-0.05, 0) is 6.07 Å². The Balaban J connectivity index is 2.29. The molecule has 90 valence electrons. The topological polar surface area (TPSA) is 77.8 Å². The standard InChI is InChI=1S/C12H13NO4/c14-7-8-3-1-2-4-10(8)13-6-9(12(16)17)5-11(13)15/h1-4,9,14H,5-7H2,(H,16,17). The van der Waals surface area contributed by atoms with Crippen LogP contribution in [0.1, 0.15) is 12.0 Å². The van der Waals surface area contributed by atoms with Gasteiger partial charge in [0, 0.05) is 24.2 Å². The number of aliphatic hydroxyl groups excluding tert-OH is 1. The molecule has 0 aromatic heterocycles.